The first-order valence-electron chi connectivity index (χ1n) is 10.4. The fraction of sp³-hybridized carbons (Fsp3) is 0.292. The maximum atomic E-state index is 13.1. The fourth-order valence-corrected chi connectivity index (χ4v) is 5.25. The van der Waals surface area contributed by atoms with Crippen molar-refractivity contribution in [3.63, 3.8) is 0 Å². The number of hydrogen-bond donors (Lipinski definition) is 0. The highest BCUT2D eigenvalue weighted by Crippen LogP contribution is 2.29. The van der Waals surface area contributed by atoms with Gasteiger partial charge in [0.2, 0.25) is 0 Å². The summed E-state index contributed by atoms with van der Waals surface area (Å²) in [5.41, 5.74) is 3.98. The van der Waals surface area contributed by atoms with Crippen LogP contribution >= 0.6 is 23.1 Å². The van der Waals surface area contributed by atoms with Crippen molar-refractivity contribution in [2.24, 2.45) is 0 Å². The van der Waals surface area contributed by atoms with Crippen LogP contribution in [0.15, 0.2) is 59.1 Å². The minimum Gasteiger partial charge on any atom is -0.383 e. The summed E-state index contributed by atoms with van der Waals surface area (Å²) in [6.45, 7) is 6.03. The van der Waals surface area contributed by atoms with Crippen LogP contribution in [-0.4, -0.2) is 44.6 Å². The third-order valence-electron chi connectivity index (χ3n) is 5.37. The van der Waals surface area contributed by atoms with Gasteiger partial charge >= 0.3 is 0 Å². The van der Waals surface area contributed by atoms with Crippen LogP contribution in [0, 0.1) is 13.8 Å². The van der Waals surface area contributed by atoms with Gasteiger partial charge in [0.15, 0.2) is 16.8 Å². The molecule has 8 heteroatoms. The van der Waals surface area contributed by atoms with E-state index in [4.69, 9.17) is 4.74 Å². The zero-order valence-electron chi connectivity index (χ0n) is 18.4. The maximum absolute atomic E-state index is 13.1. The van der Waals surface area contributed by atoms with E-state index in [1.165, 1.54) is 17.3 Å². The Balaban J connectivity index is 1.55. The molecule has 6 nitrogen and oxygen atoms in total. The molecule has 3 aromatic heterocycles. The Morgan fingerprint density at radius 1 is 1.09 bits per heavy atom. The molecule has 3 heterocycles. The molecule has 0 aliphatic rings. The van der Waals surface area contributed by atoms with Gasteiger partial charge in [0.1, 0.15) is 0 Å². The number of thioether (sulfide) groups is 1. The number of aryl methyl sites for hydroxylation is 1. The number of carbonyl (C=O) groups excluding carboxylic acids is 1. The summed E-state index contributed by atoms with van der Waals surface area (Å²) in [6.07, 6.45) is 0. The second kappa shape index (κ2) is 10.3. The quantitative estimate of drug-likeness (QED) is 0.240. The lowest BCUT2D eigenvalue weighted by molar-refractivity contribution is 0.102. The molecule has 4 rings (SSSR count). The van der Waals surface area contributed by atoms with Crippen molar-refractivity contribution in [2.45, 2.75) is 32.1 Å². The van der Waals surface area contributed by atoms with E-state index in [2.05, 4.69) is 31.5 Å². The van der Waals surface area contributed by atoms with Gasteiger partial charge in [-0.1, -0.05) is 48.2 Å². The first-order valence-corrected chi connectivity index (χ1v) is 12.3. The average Bonchev–Trinajstić information content (AvgIpc) is 3.52. The van der Waals surface area contributed by atoms with E-state index < -0.39 is 0 Å². The van der Waals surface area contributed by atoms with E-state index in [9.17, 15) is 4.79 Å². The SMILES string of the molecule is COCCn1c(C)cc(C(=O)CSc2nnc(-c3cccs3)n2Cc2ccccc2)c1C. The number of hydrogen-bond acceptors (Lipinski definition) is 6. The van der Waals surface area contributed by atoms with Crippen LogP contribution in [-0.2, 0) is 17.8 Å². The smallest absolute Gasteiger partial charge is 0.192 e. The summed E-state index contributed by atoms with van der Waals surface area (Å²) < 4.78 is 9.43. The van der Waals surface area contributed by atoms with Gasteiger partial charge in [-0.15, -0.1) is 21.5 Å². The van der Waals surface area contributed by atoms with Crippen LogP contribution in [0.25, 0.3) is 10.7 Å². The lowest BCUT2D eigenvalue weighted by atomic mass is 10.2. The number of rotatable bonds is 10. The number of thiophene rings is 1. The van der Waals surface area contributed by atoms with Crippen LogP contribution in [0.2, 0.25) is 0 Å². The van der Waals surface area contributed by atoms with Crippen molar-refractivity contribution in [3.8, 4) is 10.7 Å². The van der Waals surface area contributed by atoms with Crippen LogP contribution < -0.4 is 0 Å². The Labute approximate surface area is 196 Å². The largest absolute Gasteiger partial charge is 0.383 e. The lowest BCUT2D eigenvalue weighted by Crippen LogP contribution is -2.10. The maximum Gasteiger partial charge on any atom is 0.192 e. The molecule has 0 bridgehead atoms. The van der Waals surface area contributed by atoms with Crippen LogP contribution in [0.5, 0.6) is 0 Å². The number of benzene rings is 1. The van der Waals surface area contributed by atoms with Gasteiger partial charge in [-0.25, -0.2) is 0 Å². The third-order valence-corrected chi connectivity index (χ3v) is 7.20. The molecule has 32 heavy (non-hydrogen) atoms. The van der Waals surface area contributed by atoms with E-state index in [1.54, 1.807) is 18.4 Å². The zero-order valence-corrected chi connectivity index (χ0v) is 20.1. The highest BCUT2D eigenvalue weighted by Gasteiger charge is 2.20. The predicted molar refractivity (Wildman–Crippen MR) is 130 cm³/mol. The standard InChI is InChI=1S/C24H26N4O2S2/c1-17-14-20(18(2)27(17)11-12-30-3)21(29)16-32-24-26-25-23(22-10-7-13-31-22)28(24)15-19-8-5-4-6-9-19/h4-10,13-14H,11-12,15-16H2,1-3H3. The van der Waals surface area contributed by atoms with Crippen molar-refractivity contribution in [1.82, 2.24) is 19.3 Å². The van der Waals surface area contributed by atoms with E-state index in [0.717, 1.165) is 39.4 Å². The summed E-state index contributed by atoms with van der Waals surface area (Å²) in [6, 6.07) is 16.3. The highest BCUT2D eigenvalue weighted by molar-refractivity contribution is 7.99. The number of nitrogens with zero attached hydrogens (tertiary/aromatic N) is 4. The first kappa shape index (κ1) is 22.5. The number of ether oxygens (including phenoxy) is 1. The second-order valence-corrected chi connectivity index (χ2v) is 9.39. The molecule has 4 aromatic rings. The van der Waals surface area contributed by atoms with E-state index in [0.29, 0.717) is 18.9 Å². The molecule has 0 saturated heterocycles. The fourth-order valence-electron chi connectivity index (χ4n) is 3.71. The molecule has 0 saturated carbocycles. The third kappa shape index (κ3) is 4.87. The number of carbonyl (C=O) groups is 1. The Kier molecular flexibility index (Phi) is 7.24. The van der Waals surface area contributed by atoms with Crippen molar-refractivity contribution in [1.29, 1.82) is 0 Å². The van der Waals surface area contributed by atoms with Crippen LogP contribution in [0.1, 0.15) is 27.3 Å². The first-order chi connectivity index (χ1) is 15.6. The molecule has 1 aromatic carbocycles. The molecule has 0 spiro atoms. The second-order valence-electron chi connectivity index (χ2n) is 7.50. The summed E-state index contributed by atoms with van der Waals surface area (Å²) in [7, 11) is 1.69. The summed E-state index contributed by atoms with van der Waals surface area (Å²) in [5, 5.41) is 11.7. The topological polar surface area (TPSA) is 61.9 Å². The van der Waals surface area contributed by atoms with E-state index in [-0.39, 0.29) is 5.78 Å². The molecular weight excluding hydrogens is 440 g/mol. The Morgan fingerprint density at radius 2 is 1.91 bits per heavy atom. The van der Waals surface area contributed by atoms with Crippen molar-refractivity contribution >= 4 is 28.9 Å². The number of methoxy groups -OCH3 is 1. The number of aromatic nitrogens is 4. The zero-order chi connectivity index (χ0) is 22.5. The summed E-state index contributed by atoms with van der Waals surface area (Å²) in [5.74, 6) is 1.24. The molecule has 0 unspecified atom stereocenters. The van der Waals surface area contributed by atoms with E-state index in [1.807, 2.05) is 55.6 Å². The highest BCUT2D eigenvalue weighted by atomic mass is 32.2. The molecule has 0 aliphatic heterocycles. The molecular formula is C24H26N4O2S2. The Morgan fingerprint density at radius 3 is 2.62 bits per heavy atom. The van der Waals surface area contributed by atoms with Gasteiger partial charge in [-0.3, -0.25) is 9.36 Å². The summed E-state index contributed by atoms with van der Waals surface area (Å²) >= 11 is 3.08. The molecule has 0 aliphatic carbocycles. The molecule has 0 radical (unpaired) electrons. The van der Waals surface area contributed by atoms with Gasteiger partial charge in [-0.2, -0.15) is 0 Å². The molecule has 166 valence electrons. The Bertz CT molecular complexity index is 1180. The van der Waals surface area contributed by atoms with Crippen LogP contribution in [0.4, 0.5) is 0 Å². The van der Waals surface area contributed by atoms with Crippen LogP contribution in [0.3, 0.4) is 0 Å². The molecule has 0 fully saturated rings. The van der Waals surface area contributed by atoms with Crippen molar-refractivity contribution in [2.75, 3.05) is 19.5 Å². The van der Waals surface area contributed by atoms with Crippen molar-refractivity contribution in [3.05, 3.63) is 76.4 Å². The van der Waals surface area contributed by atoms with Gasteiger partial charge in [0.05, 0.1) is 23.8 Å². The van der Waals surface area contributed by atoms with Gasteiger partial charge in [0, 0.05) is 30.6 Å². The number of ketones is 1. The molecule has 0 N–H and O–H groups in total. The summed E-state index contributed by atoms with van der Waals surface area (Å²) in [4.78, 5) is 14.1. The van der Waals surface area contributed by atoms with Crippen molar-refractivity contribution < 1.29 is 9.53 Å². The van der Waals surface area contributed by atoms with Gasteiger partial charge in [-0.05, 0) is 36.9 Å². The van der Waals surface area contributed by atoms with Gasteiger partial charge in [0.25, 0.3) is 0 Å². The Hall–Kier alpha value is -2.68. The lowest BCUT2D eigenvalue weighted by Gasteiger charge is -2.10. The molecule has 0 atom stereocenters. The average molecular weight is 467 g/mol. The minimum atomic E-state index is 0.0960. The molecule has 0 amide bonds. The number of Topliss-reactive ketones (excluding diaryl/α,β-unsaturated/α-hetero) is 1. The van der Waals surface area contributed by atoms with Gasteiger partial charge < -0.3 is 9.30 Å². The minimum absolute atomic E-state index is 0.0960. The monoisotopic (exact) mass is 466 g/mol. The normalized spacial score (nSPS) is 11.2. The van der Waals surface area contributed by atoms with E-state index >= 15 is 0 Å². The predicted octanol–water partition coefficient (Wildman–Crippen LogP) is 5.09.